The molecule has 1 unspecified atom stereocenters. The van der Waals surface area contributed by atoms with Gasteiger partial charge in [0.2, 0.25) is 5.78 Å². The minimum Gasteiger partial charge on any atom is -0.362 e. The lowest BCUT2D eigenvalue weighted by molar-refractivity contribution is -0.138. The summed E-state index contributed by atoms with van der Waals surface area (Å²) >= 11 is 5.95. The van der Waals surface area contributed by atoms with Crippen molar-refractivity contribution < 1.29 is 9.59 Å². The molecule has 19 heavy (non-hydrogen) atoms. The van der Waals surface area contributed by atoms with Crippen LogP contribution in [0.2, 0.25) is 5.02 Å². The number of fused-ring (bicyclic) bond motifs is 1. The van der Waals surface area contributed by atoms with Crippen molar-refractivity contribution in [2.24, 2.45) is 0 Å². The average molecular weight is 279 g/mol. The van der Waals surface area contributed by atoms with Gasteiger partial charge in [0.15, 0.2) is 0 Å². The van der Waals surface area contributed by atoms with E-state index < -0.39 is 17.6 Å². The van der Waals surface area contributed by atoms with Crippen LogP contribution in [0.5, 0.6) is 0 Å². The third-order valence-corrected chi connectivity index (χ3v) is 3.15. The van der Waals surface area contributed by atoms with Gasteiger partial charge < -0.3 is 10.6 Å². The predicted molar refractivity (Wildman–Crippen MR) is 75.3 cm³/mol. The zero-order valence-corrected chi connectivity index (χ0v) is 11.3. The summed E-state index contributed by atoms with van der Waals surface area (Å²) in [7, 11) is 0. The van der Waals surface area contributed by atoms with Crippen LogP contribution >= 0.6 is 11.6 Å². The van der Waals surface area contributed by atoms with Crippen LogP contribution in [0.4, 0.5) is 5.69 Å². The molecule has 1 amide bonds. The van der Waals surface area contributed by atoms with Gasteiger partial charge in [-0.3, -0.25) is 9.59 Å². The summed E-state index contributed by atoms with van der Waals surface area (Å²) in [4.78, 5) is 23.9. The number of halogens is 1. The predicted octanol–water partition coefficient (Wildman–Crippen LogP) is 2.46. The highest BCUT2D eigenvalue weighted by Gasteiger charge is 2.28. The molecule has 0 radical (unpaired) electrons. The standard InChI is InChI=1S/C14H15ClN2O2/c1-2-6-17-14(19)13(18)10-5-7-16-12-4-3-9(15)8-11(10)12/h3-5,7-8,10,16H,2,6H2,1H3,(H,17,19). The van der Waals surface area contributed by atoms with Crippen molar-refractivity contribution in [1.29, 1.82) is 0 Å². The fourth-order valence-electron chi connectivity index (χ4n) is 1.96. The van der Waals surface area contributed by atoms with Gasteiger partial charge in [0.05, 0.1) is 5.92 Å². The van der Waals surface area contributed by atoms with Gasteiger partial charge in [-0.25, -0.2) is 0 Å². The van der Waals surface area contributed by atoms with Gasteiger partial charge >= 0.3 is 0 Å². The summed E-state index contributed by atoms with van der Waals surface area (Å²) < 4.78 is 0. The Labute approximate surface area is 116 Å². The van der Waals surface area contributed by atoms with E-state index in [9.17, 15) is 9.59 Å². The topological polar surface area (TPSA) is 58.2 Å². The smallest absolute Gasteiger partial charge is 0.288 e. The van der Waals surface area contributed by atoms with Gasteiger partial charge in [-0.15, -0.1) is 0 Å². The van der Waals surface area contributed by atoms with Gasteiger partial charge in [0, 0.05) is 17.3 Å². The minimum absolute atomic E-state index is 0.463. The molecule has 0 fully saturated rings. The number of hydrogen-bond acceptors (Lipinski definition) is 3. The van der Waals surface area contributed by atoms with Crippen LogP contribution in [0.1, 0.15) is 24.8 Å². The number of amides is 1. The number of ketones is 1. The summed E-state index contributed by atoms with van der Waals surface area (Å²) in [5.41, 5.74) is 1.53. The lowest BCUT2D eigenvalue weighted by atomic mass is 9.91. The molecule has 0 saturated carbocycles. The van der Waals surface area contributed by atoms with Crippen LogP contribution in [0.3, 0.4) is 0 Å². The zero-order chi connectivity index (χ0) is 13.8. The Bertz CT molecular complexity index is 540. The largest absolute Gasteiger partial charge is 0.362 e. The molecule has 2 rings (SSSR count). The molecule has 0 spiro atoms. The lowest BCUT2D eigenvalue weighted by Gasteiger charge is -2.20. The van der Waals surface area contributed by atoms with E-state index in [0.29, 0.717) is 11.6 Å². The first-order valence-corrected chi connectivity index (χ1v) is 6.56. The molecule has 1 aromatic carbocycles. The first-order valence-electron chi connectivity index (χ1n) is 6.18. The quantitative estimate of drug-likeness (QED) is 0.832. The van der Waals surface area contributed by atoms with E-state index in [1.165, 1.54) is 0 Å². The number of rotatable bonds is 4. The number of hydrogen-bond donors (Lipinski definition) is 2. The molecule has 1 heterocycles. The highest BCUT2D eigenvalue weighted by molar-refractivity contribution is 6.39. The van der Waals surface area contributed by atoms with Crippen molar-refractivity contribution in [1.82, 2.24) is 5.32 Å². The third-order valence-electron chi connectivity index (χ3n) is 2.92. The Hall–Kier alpha value is -1.81. The number of benzene rings is 1. The molecule has 1 aliphatic rings. The van der Waals surface area contributed by atoms with E-state index in [4.69, 9.17) is 11.6 Å². The number of anilines is 1. The summed E-state index contributed by atoms with van der Waals surface area (Å²) in [6, 6.07) is 5.25. The Morgan fingerprint density at radius 1 is 1.42 bits per heavy atom. The van der Waals surface area contributed by atoms with Crippen LogP contribution in [0, 0.1) is 0 Å². The van der Waals surface area contributed by atoms with Crippen LogP contribution in [-0.4, -0.2) is 18.2 Å². The molecule has 2 N–H and O–H groups in total. The SMILES string of the molecule is CCCNC(=O)C(=O)C1C=CNc2ccc(Cl)cc21. The first kappa shape index (κ1) is 13.6. The summed E-state index contributed by atoms with van der Waals surface area (Å²) in [6.45, 7) is 2.44. The second-order valence-corrected chi connectivity index (χ2v) is 4.77. The molecule has 1 atom stereocenters. The maximum atomic E-state index is 12.1. The van der Waals surface area contributed by atoms with Crippen molar-refractivity contribution >= 4 is 29.0 Å². The number of Topliss-reactive ketones (excluding diaryl/α,β-unsaturated/α-hetero) is 1. The molecule has 0 bridgehead atoms. The molecule has 5 heteroatoms. The summed E-state index contributed by atoms with van der Waals surface area (Å²) in [6.07, 6.45) is 4.14. The van der Waals surface area contributed by atoms with Crippen molar-refractivity contribution in [2.75, 3.05) is 11.9 Å². The Morgan fingerprint density at radius 3 is 2.95 bits per heavy atom. The Morgan fingerprint density at radius 2 is 2.21 bits per heavy atom. The normalized spacial score (nSPS) is 16.4. The summed E-state index contributed by atoms with van der Waals surface area (Å²) in [5, 5.41) is 6.18. The fourth-order valence-corrected chi connectivity index (χ4v) is 2.14. The van der Waals surface area contributed by atoms with Crippen LogP contribution < -0.4 is 10.6 Å². The van der Waals surface area contributed by atoms with Gasteiger partial charge in [0.25, 0.3) is 5.91 Å². The van der Waals surface area contributed by atoms with Gasteiger partial charge in [0.1, 0.15) is 0 Å². The van der Waals surface area contributed by atoms with Crippen LogP contribution in [0.15, 0.2) is 30.5 Å². The minimum atomic E-state index is -0.577. The second kappa shape index (κ2) is 5.89. The lowest BCUT2D eigenvalue weighted by Crippen LogP contribution is -2.35. The molecule has 0 aromatic heterocycles. The number of allylic oxidation sites excluding steroid dienone is 1. The van der Waals surface area contributed by atoms with E-state index in [2.05, 4.69) is 10.6 Å². The van der Waals surface area contributed by atoms with Gasteiger partial charge in [-0.2, -0.15) is 0 Å². The molecular formula is C14H15ClN2O2. The van der Waals surface area contributed by atoms with E-state index in [1.807, 2.05) is 6.92 Å². The Balaban J connectivity index is 2.23. The van der Waals surface area contributed by atoms with Crippen molar-refractivity contribution in [3.8, 4) is 0 Å². The van der Waals surface area contributed by atoms with Crippen molar-refractivity contribution in [2.45, 2.75) is 19.3 Å². The average Bonchev–Trinajstić information content (AvgIpc) is 2.43. The number of nitrogens with one attached hydrogen (secondary N) is 2. The zero-order valence-electron chi connectivity index (χ0n) is 10.6. The monoisotopic (exact) mass is 278 g/mol. The van der Waals surface area contributed by atoms with E-state index in [0.717, 1.165) is 17.7 Å². The Kier molecular flexibility index (Phi) is 4.22. The molecule has 0 saturated heterocycles. The molecule has 100 valence electrons. The van der Waals surface area contributed by atoms with Crippen molar-refractivity contribution in [3.63, 3.8) is 0 Å². The highest BCUT2D eigenvalue weighted by atomic mass is 35.5. The van der Waals surface area contributed by atoms with E-state index in [1.54, 1.807) is 30.5 Å². The number of carbonyl (C=O) groups is 2. The fraction of sp³-hybridized carbons (Fsp3) is 0.286. The summed E-state index contributed by atoms with van der Waals surface area (Å²) in [5.74, 6) is -1.59. The van der Waals surface area contributed by atoms with Crippen LogP contribution in [-0.2, 0) is 9.59 Å². The van der Waals surface area contributed by atoms with Gasteiger partial charge in [-0.05, 0) is 36.4 Å². The van der Waals surface area contributed by atoms with E-state index >= 15 is 0 Å². The molecule has 1 aliphatic heterocycles. The third kappa shape index (κ3) is 2.96. The first-order chi connectivity index (χ1) is 9.13. The molecular weight excluding hydrogens is 264 g/mol. The molecule has 1 aromatic rings. The maximum Gasteiger partial charge on any atom is 0.288 e. The maximum absolute atomic E-state index is 12.1. The highest BCUT2D eigenvalue weighted by Crippen LogP contribution is 2.32. The number of carbonyl (C=O) groups excluding carboxylic acids is 2. The van der Waals surface area contributed by atoms with Crippen molar-refractivity contribution in [3.05, 3.63) is 41.1 Å². The second-order valence-electron chi connectivity index (χ2n) is 4.33. The van der Waals surface area contributed by atoms with E-state index in [-0.39, 0.29) is 0 Å². The van der Waals surface area contributed by atoms with Crippen LogP contribution in [0.25, 0.3) is 0 Å². The van der Waals surface area contributed by atoms with Gasteiger partial charge in [-0.1, -0.05) is 24.6 Å². The molecule has 4 nitrogen and oxygen atoms in total. The molecule has 0 aliphatic carbocycles.